The Balaban J connectivity index is 1.07. The lowest BCUT2D eigenvalue weighted by Gasteiger charge is -2.39. The maximum Gasteiger partial charge on any atom is 0.264 e. The fraction of sp³-hybridized carbons (Fsp3) is 0.400. The molecule has 3 N–H and O–H groups in total. The summed E-state index contributed by atoms with van der Waals surface area (Å²) < 4.78 is 19.6. The topological polar surface area (TPSA) is 141 Å². The van der Waals surface area contributed by atoms with Gasteiger partial charge in [0.05, 0.1) is 70.9 Å². The Morgan fingerprint density at radius 3 is 2.38 bits per heavy atom. The number of nitrogens with zero attached hydrogens (tertiary/aromatic N) is 3. The van der Waals surface area contributed by atoms with Gasteiger partial charge in [-0.15, -0.1) is 0 Å². The van der Waals surface area contributed by atoms with Crippen LogP contribution in [0.25, 0.3) is 0 Å². The predicted molar refractivity (Wildman–Crippen MR) is 274 cm³/mol. The summed E-state index contributed by atoms with van der Waals surface area (Å²) in [5.74, 6) is 0.760. The quantitative estimate of drug-likeness (QED) is 0.0665. The number of ether oxygens (including phenoxy) is 3. The van der Waals surface area contributed by atoms with Crippen molar-refractivity contribution in [2.75, 3.05) is 43.3 Å². The minimum Gasteiger partial charge on any atom is -0.497 e. The molecule has 69 heavy (non-hydrogen) atoms. The predicted octanol–water partition coefficient (Wildman–Crippen LogP) is 7.91. The van der Waals surface area contributed by atoms with E-state index in [0.717, 1.165) is 66.8 Å². The van der Waals surface area contributed by atoms with Crippen molar-refractivity contribution in [2.45, 2.75) is 101 Å². The highest BCUT2D eigenvalue weighted by atomic mass is 79.9. The molecule has 0 aromatic heterocycles. The number of halogens is 1. The summed E-state index contributed by atoms with van der Waals surface area (Å²) in [5, 5.41) is 24.6. The summed E-state index contributed by atoms with van der Waals surface area (Å²) in [7, 11) is -0.944. The van der Waals surface area contributed by atoms with Crippen molar-refractivity contribution in [3.05, 3.63) is 141 Å². The zero-order valence-electron chi connectivity index (χ0n) is 40.1. The third-order valence-electron chi connectivity index (χ3n) is 15.1. The first-order valence-corrected chi connectivity index (χ1v) is 28.1. The molecule has 12 nitrogen and oxygen atoms in total. The second-order valence-electron chi connectivity index (χ2n) is 19.5. The Kier molecular flexibility index (Phi) is 14.2. The van der Waals surface area contributed by atoms with E-state index in [1.807, 2.05) is 103 Å². The van der Waals surface area contributed by atoms with Crippen molar-refractivity contribution in [1.29, 1.82) is 0 Å². The minimum atomic E-state index is -2.60. The third kappa shape index (κ3) is 9.04. The van der Waals surface area contributed by atoms with Gasteiger partial charge in [0.2, 0.25) is 11.8 Å². The Labute approximate surface area is 414 Å². The molecule has 4 heterocycles. The number of carbonyl (C=O) groups excluding carboxylic acids is 3. The van der Waals surface area contributed by atoms with Crippen LogP contribution in [-0.2, 0) is 50.7 Å². The van der Waals surface area contributed by atoms with Crippen molar-refractivity contribution in [3.63, 3.8) is 0 Å². The zero-order chi connectivity index (χ0) is 48.6. The molecule has 362 valence electrons. The van der Waals surface area contributed by atoms with Crippen molar-refractivity contribution < 1.29 is 38.8 Å². The maximum atomic E-state index is 15.8. The van der Waals surface area contributed by atoms with Crippen molar-refractivity contribution >= 4 is 64.0 Å². The van der Waals surface area contributed by atoms with E-state index in [1.165, 1.54) is 0 Å². The molecule has 1 saturated heterocycles. The molecule has 0 saturated carbocycles. The molecule has 5 aromatic carbocycles. The van der Waals surface area contributed by atoms with Crippen LogP contribution in [0, 0.1) is 5.92 Å². The van der Waals surface area contributed by atoms with E-state index in [9.17, 15) is 19.8 Å². The second-order valence-corrected chi connectivity index (χ2v) is 25.1. The van der Waals surface area contributed by atoms with E-state index < -0.39 is 25.8 Å². The number of hydrogen-bond acceptors (Lipinski definition) is 9. The monoisotopic (exact) mass is 1010 g/mol. The first-order valence-electron chi connectivity index (χ1n) is 24.3. The summed E-state index contributed by atoms with van der Waals surface area (Å²) >= 11 is 3.74. The SMILES string of the molecule is CCOc1ccc2c(c1)CC(NCCCCO)C(=O)N2c1cccc(CN2C(=O)[C@]3(O[C@H](CC(=O)N4Cc5ccccc5C[C@H]4CO)[C@@H]([Si](C)(C)c4ccc(OC)cc4)[C@@H]3C)c3cc(Br)ccc32)c1. The third-order valence-corrected chi connectivity index (χ3v) is 19.9. The molecule has 0 aliphatic carbocycles. The molecule has 4 aliphatic rings. The number of amides is 3. The largest absolute Gasteiger partial charge is 0.497 e. The van der Waals surface area contributed by atoms with Crippen LogP contribution in [0.3, 0.4) is 0 Å². The van der Waals surface area contributed by atoms with E-state index >= 15 is 4.79 Å². The highest BCUT2D eigenvalue weighted by molar-refractivity contribution is 9.10. The first kappa shape index (κ1) is 48.7. The number of aliphatic hydroxyl groups is 2. The number of rotatable bonds is 16. The molecule has 5 aromatic rings. The van der Waals surface area contributed by atoms with Crippen LogP contribution < -0.4 is 29.8 Å². The van der Waals surface area contributed by atoms with Gasteiger partial charge < -0.3 is 39.5 Å². The van der Waals surface area contributed by atoms with Crippen LogP contribution in [0.1, 0.15) is 60.9 Å². The van der Waals surface area contributed by atoms with Crippen LogP contribution in [0.15, 0.2) is 114 Å². The summed E-state index contributed by atoms with van der Waals surface area (Å²) in [6, 6.07) is 35.0. The van der Waals surface area contributed by atoms with Gasteiger partial charge in [-0.3, -0.25) is 19.3 Å². The van der Waals surface area contributed by atoms with Crippen LogP contribution in [0.4, 0.5) is 17.1 Å². The average molecular weight is 1020 g/mol. The summed E-state index contributed by atoms with van der Waals surface area (Å²) in [5.41, 5.74) is 5.36. The highest BCUT2D eigenvalue weighted by Gasteiger charge is 2.66. The Bertz CT molecular complexity index is 2720. The van der Waals surface area contributed by atoms with Gasteiger partial charge in [-0.1, -0.05) is 89.7 Å². The average Bonchev–Trinajstić information content (AvgIpc) is 3.77. The van der Waals surface area contributed by atoms with E-state index in [1.54, 1.807) is 16.9 Å². The standard InChI is InChI=1S/C55H63BrN4O8Si/c1-6-67-44-19-23-48-39(28-44)29-47(57-24-9-10-25-61)53(64)60(48)41-15-11-12-36(26-41)32-59-49-22-16-40(56)30-46(49)55(54(59)65)35(2)52(69(4,5)45-20-17-43(66-3)18-21-45)50(68-55)31-51(63)58-33-38-14-8-7-13-37(38)27-42(58)34-62/h7-8,11-23,26,28,30,35,42,47,50,52,57,61-62H,6,9-10,24-25,27,29,31-34H2,1-5H3/t35-,42-,47?,50+,52-,55+/m0/s1. The van der Waals surface area contributed by atoms with E-state index in [4.69, 9.17) is 14.2 Å². The number of unbranched alkanes of at least 4 members (excludes halogenated alkanes) is 1. The van der Waals surface area contributed by atoms with Crippen LogP contribution >= 0.6 is 15.9 Å². The molecule has 1 spiro atoms. The zero-order valence-corrected chi connectivity index (χ0v) is 42.7. The minimum absolute atomic E-state index is 0.0509. The molecule has 1 fully saturated rings. The molecule has 0 bridgehead atoms. The summed E-state index contributed by atoms with van der Waals surface area (Å²) in [6.07, 6.45) is 1.88. The number of aliphatic hydroxyl groups excluding tert-OH is 2. The molecule has 1 unspecified atom stereocenters. The van der Waals surface area contributed by atoms with Gasteiger partial charge in [-0.25, -0.2) is 0 Å². The number of hydrogen-bond donors (Lipinski definition) is 3. The van der Waals surface area contributed by atoms with E-state index in [-0.39, 0.29) is 61.4 Å². The molecular weight excluding hydrogens is 953 g/mol. The molecule has 14 heteroatoms. The normalized spacial score (nSPS) is 23.0. The summed E-state index contributed by atoms with van der Waals surface area (Å²) in [4.78, 5) is 50.5. The highest BCUT2D eigenvalue weighted by Crippen LogP contribution is 2.60. The fourth-order valence-corrected chi connectivity index (χ4v) is 16.0. The lowest BCUT2D eigenvalue weighted by Crippen LogP contribution is -2.52. The Morgan fingerprint density at radius 1 is 0.884 bits per heavy atom. The van der Waals surface area contributed by atoms with Crippen molar-refractivity contribution in [1.82, 2.24) is 10.2 Å². The molecule has 0 radical (unpaired) electrons. The fourth-order valence-electron chi connectivity index (χ4n) is 11.7. The Hall–Kier alpha value is -5.35. The van der Waals surface area contributed by atoms with Gasteiger partial charge in [0, 0.05) is 34.8 Å². The van der Waals surface area contributed by atoms with Crippen molar-refractivity contribution in [3.8, 4) is 11.5 Å². The molecule has 6 atom stereocenters. The van der Waals surface area contributed by atoms with Crippen LogP contribution in [-0.4, -0.2) is 92.6 Å². The summed E-state index contributed by atoms with van der Waals surface area (Å²) in [6.45, 7) is 10.3. The maximum absolute atomic E-state index is 15.8. The smallest absolute Gasteiger partial charge is 0.264 e. The van der Waals surface area contributed by atoms with Gasteiger partial charge in [-0.2, -0.15) is 0 Å². The number of carbonyl (C=O) groups is 3. The first-order chi connectivity index (χ1) is 33.3. The lowest BCUT2D eigenvalue weighted by molar-refractivity contribution is -0.151. The molecule has 4 aliphatic heterocycles. The lowest BCUT2D eigenvalue weighted by atomic mass is 9.82. The van der Waals surface area contributed by atoms with Crippen LogP contribution in [0.5, 0.6) is 11.5 Å². The molecule has 3 amide bonds. The Morgan fingerprint density at radius 2 is 1.64 bits per heavy atom. The number of methoxy groups -OCH3 is 1. The van der Waals surface area contributed by atoms with Gasteiger partial charge in [0.25, 0.3) is 5.91 Å². The van der Waals surface area contributed by atoms with Gasteiger partial charge in [0.1, 0.15) is 11.5 Å². The number of fused-ring (bicyclic) bond motifs is 4. The van der Waals surface area contributed by atoms with E-state index in [2.05, 4.69) is 59.5 Å². The van der Waals surface area contributed by atoms with E-state index in [0.29, 0.717) is 44.6 Å². The van der Waals surface area contributed by atoms with Crippen LogP contribution in [0.2, 0.25) is 18.6 Å². The van der Waals surface area contributed by atoms with Gasteiger partial charge in [0.15, 0.2) is 5.60 Å². The van der Waals surface area contributed by atoms with Gasteiger partial charge >= 0.3 is 0 Å². The number of anilines is 3. The van der Waals surface area contributed by atoms with Crippen molar-refractivity contribution in [2.24, 2.45) is 5.92 Å². The number of benzene rings is 5. The van der Waals surface area contributed by atoms with Gasteiger partial charge in [-0.05, 0) is 128 Å². The molecular formula is C55H63BrN4O8Si. The second kappa shape index (κ2) is 20.2. The molecule has 9 rings (SSSR count). The number of nitrogens with one attached hydrogen (secondary N) is 1.